The van der Waals surface area contributed by atoms with Crippen molar-refractivity contribution in [2.45, 2.75) is 63.1 Å². The Morgan fingerprint density at radius 2 is 1.76 bits per heavy atom. The summed E-state index contributed by atoms with van der Waals surface area (Å²) in [5.74, 6) is -1.10. The van der Waals surface area contributed by atoms with Crippen molar-refractivity contribution in [3.8, 4) is 11.3 Å². The molecule has 2 unspecified atom stereocenters. The zero-order valence-electron chi connectivity index (χ0n) is 19.4. The quantitative estimate of drug-likeness (QED) is 0.540. The van der Waals surface area contributed by atoms with Gasteiger partial charge in [0.2, 0.25) is 0 Å². The molecule has 6 rings (SSSR count). The molecule has 3 aromatic rings. The highest BCUT2D eigenvalue weighted by atomic mass is 16.4. The Labute approximate surface area is 198 Å². The average Bonchev–Trinajstić information content (AvgIpc) is 3.29. The van der Waals surface area contributed by atoms with E-state index in [1.807, 2.05) is 24.1 Å². The second-order valence-corrected chi connectivity index (χ2v) is 10.3. The van der Waals surface area contributed by atoms with Gasteiger partial charge in [0.1, 0.15) is 6.04 Å². The summed E-state index contributed by atoms with van der Waals surface area (Å²) in [5, 5.41) is 20.7. The minimum atomic E-state index is -0.921. The van der Waals surface area contributed by atoms with Crippen molar-refractivity contribution < 1.29 is 19.8 Å². The van der Waals surface area contributed by atoms with E-state index in [9.17, 15) is 19.8 Å². The van der Waals surface area contributed by atoms with Crippen LogP contribution in [0.3, 0.4) is 0 Å². The first-order valence-corrected chi connectivity index (χ1v) is 12.4. The Bertz CT molecular complexity index is 1300. The van der Waals surface area contributed by atoms with Crippen LogP contribution in [0.15, 0.2) is 42.5 Å². The van der Waals surface area contributed by atoms with Crippen LogP contribution in [0.4, 0.5) is 0 Å². The van der Waals surface area contributed by atoms with Gasteiger partial charge in [0.15, 0.2) is 0 Å². The second-order valence-electron chi connectivity index (χ2n) is 10.3. The minimum absolute atomic E-state index is 0.0223. The molecule has 0 bridgehead atoms. The fraction of sp³-hybridized carbons (Fsp3) is 0.429. The van der Waals surface area contributed by atoms with E-state index in [1.165, 1.54) is 41.6 Å². The van der Waals surface area contributed by atoms with Crippen molar-refractivity contribution in [2.24, 2.45) is 5.92 Å². The molecule has 2 N–H and O–H groups in total. The monoisotopic (exact) mass is 458 g/mol. The predicted octanol–water partition coefficient (Wildman–Crippen LogP) is 5.51. The number of nitrogens with zero attached hydrogens (tertiary/aromatic N) is 2. The molecular formula is C28H30N2O4. The number of fused-ring (bicyclic) bond motifs is 7. The van der Waals surface area contributed by atoms with Crippen LogP contribution in [-0.4, -0.2) is 44.7 Å². The third-order valence-corrected chi connectivity index (χ3v) is 8.50. The lowest BCUT2D eigenvalue weighted by molar-refractivity contribution is -0.142. The standard InChI is InChI=1S/C28H30N2O4/c1-29-23(28(33)34)14-18-15-30-22-13-17(27(31)32)11-12-21(22)24(16-7-3-2-4-8-16)26(30)20-10-6-5-9-19(20)25(18)29/h5-6,9-13,16,18,23,25H,2-4,7-8,14-15H2,1H3,(H,31,32)(H,33,34)/t18?,23-,25?/m0/s1. The predicted molar refractivity (Wildman–Crippen MR) is 130 cm³/mol. The number of carboxylic acid groups (broad SMARTS) is 2. The van der Waals surface area contributed by atoms with Gasteiger partial charge in [-0.2, -0.15) is 0 Å². The van der Waals surface area contributed by atoms with Crippen molar-refractivity contribution in [1.82, 2.24) is 9.47 Å². The molecule has 2 aliphatic heterocycles. The van der Waals surface area contributed by atoms with Gasteiger partial charge in [0, 0.05) is 29.1 Å². The molecule has 1 aliphatic carbocycles. The van der Waals surface area contributed by atoms with Gasteiger partial charge >= 0.3 is 11.9 Å². The molecule has 1 saturated heterocycles. The van der Waals surface area contributed by atoms with Gasteiger partial charge in [-0.1, -0.05) is 49.6 Å². The van der Waals surface area contributed by atoms with Crippen LogP contribution in [0.2, 0.25) is 0 Å². The summed E-state index contributed by atoms with van der Waals surface area (Å²) in [5.41, 5.74) is 6.19. The van der Waals surface area contributed by atoms with Crippen LogP contribution < -0.4 is 0 Å². The topological polar surface area (TPSA) is 82.8 Å². The lowest BCUT2D eigenvalue weighted by Gasteiger charge is -2.27. The molecule has 176 valence electrons. The molecule has 0 radical (unpaired) electrons. The fourth-order valence-electron chi connectivity index (χ4n) is 7.03. The highest BCUT2D eigenvalue weighted by Gasteiger charge is 2.46. The van der Waals surface area contributed by atoms with E-state index in [4.69, 9.17) is 0 Å². The van der Waals surface area contributed by atoms with Gasteiger partial charge in [-0.25, -0.2) is 4.79 Å². The minimum Gasteiger partial charge on any atom is -0.480 e. The molecule has 3 atom stereocenters. The van der Waals surface area contributed by atoms with Crippen LogP contribution in [-0.2, 0) is 11.3 Å². The van der Waals surface area contributed by atoms with E-state index in [0.29, 0.717) is 24.4 Å². The average molecular weight is 459 g/mol. The first kappa shape index (κ1) is 21.4. The molecule has 3 aliphatic rings. The van der Waals surface area contributed by atoms with Crippen LogP contribution >= 0.6 is 0 Å². The number of benzene rings is 2. The Balaban J connectivity index is 1.64. The number of aromatic nitrogens is 1. The zero-order valence-corrected chi connectivity index (χ0v) is 19.4. The lowest BCUT2D eigenvalue weighted by atomic mass is 9.81. The third-order valence-electron chi connectivity index (χ3n) is 8.50. The van der Waals surface area contributed by atoms with Crippen LogP contribution in [0.5, 0.6) is 0 Å². The summed E-state index contributed by atoms with van der Waals surface area (Å²) in [7, 11) is 1.93. The number of likely N-dealkylation sites (N-methyl/N-ethyl adjacent to an activating group) is 1. The molecule has 3 heterocycles. The Kier molecular flexibility index (Phi) is 5.03. The summed E-state index contributed by atoms with van der Waals surface area (Å²) in [4.78, 5) is 25.9. The highest BCUT2D eigenvalue weighted by Crippen LogP contribution is 2.52. The molecular weight excluding hydrogens is 428 g/mol. The maximum atomic E-state index is 12.0. The van der Waals surface area contributed by atoms with Gasteiger partial charge < -0.3 is 14.8 Å². The molecule has 6 heteroatoms. The maximum absolute atomic E-state index is 12.0. The number of carboxylic acids is 2. The van der Waals surface area contributed by atoms with Crippen molar-refractivity contribution in [3.05, 3.63) is 59.2 Å². The smallest absolute Gasteiger partial charge is 0.335 e. The molecule has 2 fully saturated rings. The summed E-state index contributed by atoms with van der Waals surface area (Å²) in [6.45, 7) is 0.690. The summed E-state index contributed by atoms with van der Waals surface area (Å²) >= 11 is 0. The largest absolute Gasteiger partial charge is 0.480 e. The van der Waals surface area contributed by atoms with Gasteiger partial charge in [-0.3, -0.25) is 9.69 Å². The Morgan fingerprint density at radius 1 is 1.00 bits per heavy atom. The van der Waals surface area contributed by atoms with E-state index >= 15 is 0 Å². The van der Waals surface area contributed by atoms with Crippen molar-refractivity contribution >= 4 is 22.8 Å². The number of carbonyl (C=O) groups is 2. The molecule has 1 aromatic heterocycles. The highest BCUT2D eigenvalue weighted by molar-refractivity contribution is 5.98. The molecule has 0 amide bonds. The van der Waals surface area contributed by atoms with E-state index < -0.39 is 18.0 Å². The number of hydrogen-bond donors (Lipinski definition) is 2. The summed E-state index contributed by atoms with van der Waals surface area (Å²) in [6.07, 6.45) is 6.61. The van der Waals surface area contributed by atoms with Crippen LogP contribution in [0, 0.1) is 5.92 Å². The molecule has 2 aromatic carbocycles. The third kappa shape index (κ3) is 3.12. The van der Waals surface area contributed by atoms with Crippen molar-refractivity contribution in [1.29, 1.82) is 0 Å². The van der Waals surface area contributed by atoms with Crippen molar-refractivity contribution in [3.63, 3.8) is 0 Å². The van der Waals surface area contributed by atoms with Crippen LogP contribution in [0.25, 0.3) is 22.2 Å². The number of aromatic carboxylic acids is 1. The first-order chi connectivity index (χ1) is 16.5. The van der Waals surface area contributed by atoms with Gasteiger partial charge in [0.05, 0.1) is 11.3 Å². The molecule has 34 heavy (non-hydrogen) atoms. The number of hydrogen-bond acceptors (Lipinski definition) is 3. The van der Waals surface area contributed by atoms with E-state index in [2.05, 4.69) is 28.8 Å². The fourth-order valence-corrected chi connectivity index (χ4v) is 7.03. The summed E-state index contributed by atoms with van der Waals surface area (Å²) in [6, 6.07) is 13.5. The van der Waals surface area contributed by atoms with Gasteiger partial charge in [0.25, 0.3) is 0 Å². The summed E-state index contributed by atoms with van der Waals surface area (Å²) < 4.78 is 2.33. The normalized spacial score (nSPS) is 24.9. The SMILES string of the molecule is CN1C2c3ccccc3-c3c(C4CCCCC4)c4ccc(C(=O)O)cc4n3CC2C[C@H]1C(=O)O. The Morgan fingerprint density at radius 3 is 2.50 bits per heavy atom. The maximum Gasteiger partial charge on any atom is 0.335 e. The Hall–Kier alpha value is -3.12. The number of rotatable bonds is 3. The molecule has 0 spiro atoms. The van der Waals surface area contributed by atoms with Crippen LogP contribution in [0.1, 0.15) is 72.0 Å². The van der Waals surface area contributed by atoms with Gasteiger partial charge in [-0.15, -0.1) is 0 Å². The first-order valence-electron chi connectivity index (χ1n) is 12.4. The second kappa shape index (κ2) is 7.98. The van der Waals surface area contributed by atoms with E-state index in [1.54, 1.807) is 6.07 Å². The number of aliphatic carboxylic acids is 1. The van der Waals surface area contributed by atoms with E-state index in [0.717, 1.165) is 23.7 Å². The van der Waals surface area contributed by atoms with E-state index in [-0.39, 0.29) is 12.0 Å². The number of likely N-dealkylation sites (tertiary alicyclic amines) is 1. The molecule has 1 saturated carbocycles. The van der Waals surface area contributed by atoms with Crippen molar-refractivity contribution in [2.75, 3.05) is 7.05 Å². The molecule has 6 nitrogen and oxygen atoms in total. The zero-order chi connectivity index (χ0) is 23.6. The van der Waals surface area contributed by atoms with Gasteiger partial charge in [-0.05, 0) is 61.4 Å². The lowest BCUT2D eigenvalue weighted by Crippen LogP contribution is -2.34.